The molecule has 112 valence electrons. The molecule has 1 unspecified atom stereocenters. The maximum absolute atomic E-state index is 12.0. The van der Waals surface area contributed by atoms with E-state index in [2.05, 4.69) is 37.9 Å². The number of piperidine rings is 1. The second-order valence-electron chi connectivity index (χ2n) is 7.01. The van der Waals surface area contributed by atoms with Crippen LogP contribution in [0.5, 0.6) is 0 Å². The summed E-state index contributed by atoms with van der Waals surface area (Å²) in [6, 6.07) is 0.313. The smallest absolute Gasteiger partial charge is 0.221 e. The predicted octanol–water partition coefficient (Wildman–Crippen LogP) is 1.74. The van der Waals surface area contributed by atoms with Gasteiger partial charge in [-0.1, -0.05) is 27.7 Å². The van der Waals surface area contributed by atoms with Crippen molar-refractivity contribution in [3.05, 3.63) is 0 Å². The number of nitrogens with zero attached hydrogens (tertiary/aromatic N) is 1. The number of rotatable bonds is 5. The molecule has 1 atom stereocenters. The van der Waals surface area contributed by atoms with Gasteiger partial charge in [0.25, 0.3) is 0 Å². The molecule has 0 aromatic rings. The fourth-order valence-electron chi connectivity index (χ4n) is 2.78. The van der Waals surface area contributed by atoms with E-state index in [0.29, 0.717) is 12.5 Å². The lowest BCUT2D eigenvalue weighted by Crippen LogP contribution is -2.45. The molecule has 0 bridgehead atoms. The van der Waals surface area contributed by atoms with E-state index in [1.54, 1.807) is 0 Å². The summed E-state index contributed by atoms with van der Waals surface area (Å²) in [4.78, 5) is 14.4. The van der Waals surface area contributed by atoms with Gasteiger partial charge in [-0.2, -0.15) is 0 Å². The van der Waals surface area contributed by atoms with Crippen molar-refractivity contribution in [1.29, 1.82) is 0 Å². The fraction of sp³-hybridized carbons (Fsp3) is 0.933. The van der Waals surface area contributed by atoms with Crippen LogP contribution in [0.2, 0.25) is 0 Å². The van der Waals surface area contributed by atoms with Crippen LogP contribution >= 0.6 is 0 Å². The maximum atomic E-state index is 12.0. The fourth-order valence-corrected chi connectivity index (χ4v) is 2.78. The molecule has 3 N–H and O–H groups in total. The van der Waals surface area contributed by atoms with E-state index in [4.69, 9.17) is 5.73 Å². The van der Waals surface area contributed by atoms with Crippen LogP contribution < -0.4 is 11.1 Å². The van der Waals surface area contributed by atoms with Crippen LogP contribution in [0.4, 0.5) is 0 Å². The number of amides is 1. The Morgan fingerprint density at radius 3 is 2.42 bits per heavy atom. The lowest BCUT2D eigenvalue weighted by molar-refractivity contribution is -0.122. The summed E-state index contributed by atoms with van der Waals surface area (Å²) in [7, 11) is 0. The molecule has 4 heteroatoms. The van der Waals surface area contributed by atoms with Gasteiger partial charge >= 0.3 is 0 Å². The summed E-state index contributed by atoms with van der Waals surface area (Å²) in [6.45, 7) is 12.0. The van der Waals surface area contributed by atoms with Gasteiger partial charge in [0.05, 0.1) is 0 Å². The number of hydrogen-bond donors (Lipinski definition) is 2. The highest BCUT2D eigenvalue weighted by Gasteiger charge is 2.22. The first-order chi connectivity index (χ1) is 8.80. The Balaban J connectivity index is 2.24. The average molecular weight is 269 g/mol. The Morgan fingerprint density at radius 1 is 1.37 bits per heavy atom. The van der Waals surface area contributed by atoms with Crippen LogP contribution in [0, 0.1) is 5.41 Å². The zero-order valence-corrected chi connectivity index (χ0v) is 13.0. The third-order valence-electron chi connectivity index (χ3n) is 3.72. The third kappa shape index (κ3) is 6.92. The largest absolute Gasteiger partial charge is 0.353 e. The van der Waals surface area contributed by atoms with Gasteiger partial charge in [0.2, 0.25) is 5.91 Å². The highest BCUT2D eigenvalue weighted by Crippen LogP contribution is 2.21. The molecule has 0 spiro atoms. The lowest BCUT2D eigenvalue weighted by atomic mass is 9.87. The monoisotopic (exact) mass is 269 g/mol. The Kier molecular flexibility index (Phi) is 6.27. The Morgan fingerprint density at radius 2 is 1.95 bits per heavy atom. The molecule has 19 heavy (non-hydrogen) atoms. The summed E-state index contributed by atoms with van der Waals surface area (Å²) in [5.41, 5.74) is 6.23. The van der Waals surface area contributed by atoms with Crippen molar-refractivity contribution >= 4 is 5.91 Å². The first-order valence-electron chi connectivity index (χ1n) is 7.57. The molecular weight excluding hydrogens is 238 g/mol. The van der Waals surface area contributed by atoms with E-state index in [-0.39, 0.29) is 17.4 Å². The Labute approximate surface area is 118 Å². The molecular formula is C15H31N3O. The van der Waals surface area contributed by atoms with Gasteiger partial charge in [-0.25, -0.2) is 0 Å². The van der Waals surface area contributed by atoms with Crippen molar-refractivity contribution in [2.45, 2.75) is 65.5 Å². The van der Waals surface area contributed by atoms with Gasteiger partial charge in [-0.3, -0.25) is 4.79 Å². The average Bonchev–Trinajstić information content (AvgIpc) is 2.27. The molecule has 0 radical (unpaired) electrons. The standard InChI is InChI=1S/C15H31N3O/c1-5-18-8-6-13(7-9-18)17-14(19)10-12(16)11-15(2,3)4/h12-13H,5-11,16H2,1-4H3,(H,17,19). The molecule has 1 rings (SSSR count). The molecule has 1 fully saturated rings. The zero-order chi connectivity index (χ0) is 14.5. The second-order valence-corrected chi connectivity index (χ2v) is 7.01. The van der Waals surface area contributed by atoms with Crippen LogP contribution in [0.15, 0.2) is 0 Å². The topological polar surface area (TPSA) is 58.4 Å². The van der Waals surface area contributed by atoms with E-state index in [0.717, 1.165) is 38.9 Å². The minimum Gasteiger partial charge on any atom is -0.353 e. The molecule has 4 nitrogen and oxygen atoms in total. The van der Waals surface area contributed by atoms with Gasteiger partial charge < -0.3 is 16.0 Å². The van der Waals surface area contributed by atoms with E-state index >= 15 is 0 Å². The molecule has 0 aromatic heterocycles. The minimum absolute atomic E-state index is 0.0317. The molecule has 1 heterocycles. The van der Waals surface area contributed by atoms with Crippen molar-refractivity contribution in [2.75, 3.05) is 19.6 Å². The van der Waals surface area contributed by atoms with Crippen LogP contribution in [0.3, 0.4) is 0 Å². The number of nitrogens with one attached hydrogen (secondary N) is 1. The van der Waals surface area contributed by atoms with E-state index in [1.165, 1.54) is 0 Å². The summed E-state index contributed by atoms with van der Waals surface area (Å²) in [5.74, 6) is 0.117. The Bertz CT molecular complexity index is 278. The second kappa shape index (κ2) is 7.25. The highest BCUT2D eigenvalue weighted by molar-refractivity contribution is 5.76. The number of carbonyl (C=O) groups is 1. The van der Waals surface area contributed by atoms with Crippen LogP contribution in [-0.4, -0.2) is 42.5 Å². The molecule has 0 saturated carbocycles. The quantitative estimate of drug-likeness (QED) is 0.799. The van der Waals surface area contributed by atoms with E-state index in [1.807, 2.05) is 0 Å². The van der Waals surface area contributed by atoms with Crippen molar-refractivity contribution in [1.82, 2.24) is 10.2 Å². The summed E-state index contributed by atoms with van der Waals surface area (Å²) >= 11 is 0. The molecule has 1 aliphatic rings. The number of nitrogens with two attached hydrogens (primary N) is 1. The SMILES string of the molecule is CCN1CCC(NC(=O)CC(N)CC(C)(C)C)CC1. The molecule has 1 amide bonds. The van der Waals surface area contributed by atoms with Crippen molar-refractivity contribution < 1.29 is 4.79 Å². The first kappa shape index (κ1) is 16.4. The summed E-state index contributed by atoms with van der Waals surface area (Å²) < 4.78 is 0. The van der Waals surface area contributed by atoms with Crippen molar-refractivity contribution in [3.8, 4) is 0 Å². The molecule has 0 aromatic carbocycles. The minimum atomic E-state index is -0.0317. The summed E-state index contributed by atoms with van der Waals surface area (Å²) in [5, 5.41) is 3.13. The van der Waals surface area contributed by atoms with E-state index in [9.17, 15) is 4.79 Å². The van der Waals surface area contributed by atoms with Gasteiger partial charge in [0.1, 0.15) is 0 Å². The van der Waals surface area contributed by atoms with Crippen LogP contribution in [0.25, 0.3) is 0 Å². The molecule has 0 aliphatic carbocycles. The van der Waals surface area contributed by atoms with Crippen molar-refractivity contribution in [2.24, 2.45) is 11.1 Å². The number of carbonyl (C=O) groups excluding carboxylic acids is 1. The van der Waals surface area contributed by atoms with Gasteiger partial charge in [-0.15, -0.1) is 0 Å². The molecule has 1 aliphatic heterocycles. The summed E-state index contributed by atoms with van der Waals surface area (Å²) in [6.07, 6.45) is 3.46. The van der Waals surface area contributed by atoms with Crippen molar-refractivity contribution in [3.63, 3.8) is 0 Å². The predicted molar refractivity (Wildman–Crippen MR) is 79.9 cm³/mol. The Hall–Kier alpha value is -0.610. The van der Waals surface area contributed by atoms with E-state index < -0.39 is 0 Å². The van der Waals surface area contributed by atoms with Gasteiger partial charge in [0, 0.05) is 31.6 Å². The normalized spacial score (nSPS) is 20.3. The van der Waals surface area contributed by atoms with Gasteiger partial charge in [-0.05, 0) is 31.2 Å². The van der Waals surface area contributed by atoms with Gasteiger partial charge in [0.15, 0.2) is 0 Å². The van der Waals surface area contributed by atoms with Crippen LogP contribution in [0.1, 0.15) is 53.4 Å². The first-order valence-corrected chi connectivity index (χ1v) is 7.57. The highest BCUT2D eigenvalue weighted by atomic mass is 16.1. The number of hydrogen-bond acceptors (Lipinski definition) is 3. The number of likely N-dealkylation sites (tertiary alicyclic amines) is 1. The third-order valence-corrected chi connectivity index (χ3v) is 3.72. The molecule has 1 saturated heterocycles. The zero-order valence-electron chi connectivity index (χ0n) is 13.0. The maximum Gasteiger partial charge on any atom is 0.221 e. The van der Waals surface area contributed by atoms with Crippen LogP contribution in [-0.2, 0) is 4.79 Å². The lowest BCUT2D eigenvalue weighted by Gasteiger charge is -2.31.